The molecule has 1 radical (unpaired) electrons. The minimum Gasteiger partial charge on any atom is -0.481 e. The van der Waals surface area contributed by atoms with Gasteiger partial charge in [0.05, 0.1) is 49.4 Å². The SMILES string of the molecule is CC(=O)O.Fc1c[c-]c(C[PH+](c2ccccc2)c2ccccc2)c(F)c1.Fc1c[c-]c(C[PH+](c2ccccc2)c2ccccc2)c(F)c1.[Ir]. The second-order valence-corrected chi connectivity index (χ2v) is 15.5. The van der Waals surface area contributed by atoms with Crippen LogP contribution in [0.15, 0.2) is 146 Å². The van der Waals surface area contributed by atoms with Crippen LogP contribution in [0.1, 0.15) is 18.1 Å². The monoisotopic (exact) mass is 877 g/mol. The summed E-state index contributed by atoms with van der Waals surface area (Å²) in [7, 11) is -2.36. The van der Waals surface area contributed by atoms with Gasteiger partial charge in [0.1, 0.15) is 0 Å². The van der Waals surface area contributed by atoms with Crippen molar-refractivity contribution in [3.05, 3.63) is 192 Å². The molecule has 9 heteroatoms. The van der Waals surface area contributed by atoms with Crippen LogP contribution in [0.3, 0.4) is 0 Å². The molecular formula is C40H34F4IrO2P2. The van der Waals surface area contributed by atoms with Gasteiger partial charge in [0, 0.05) is 50.3 Å². The Balaban J connectivity index is 0.000000235. The summed E-state index contributed by atoms with van der Waals surface area (Å²) in [4.78, 5) is 9.00. The quantitative estimate of drug-likeness (QED) is 0.0950. The normalized spacial score (nSPS) is 10.3. The van der Waals surface area contributed by atoms with Gasteiger partial charge in [-0.05, 0) is 48.5 Å². The maximum absolute atomic E-state index is 14.0. The van der Waals surface area contributed by atoms with Crippen LogP contribution in [0.2, 0.25) is 0 Å². The van der Waals surface area contributed by atoms with Crippen molar-refractivity contribution < 1.29 is 47.6 Å². The van der Waals surface area contributed by atoms with Crippen LogP contribution < -0.4 is 21.2 Å². The Morgan fingerprint density at radius 2 is 0.796 bits per heavy atom. The molecule has 0 saturated heterocycles. The van der Waals surface area contributed by atoms with E-state index in [1.54, 1.807) is 0 Å². The van der Waals surface area contributed by atoms with Crippen molar-refractivity contribution in [1.82, 2.24) is 0 Å². The van der Waals surface area contributed by atoms with E-state index in [1.165, 1.54) is 33.4 Å². The number of hydrogen-bond acceptors (Lipinski definition) is 1. The van der Waals surface area contributed by atoms with Crippen LogP contribution in [0.4, 0.5) is 17.6 Å². The fraction of sp³-hybridized carbons (Fsp3) is 0.0750. The number of rotatable bonds is 8. The molecule has 0 bridgehead atoms. The van der Waals surface area contributed by atoms with Gasteiger partial charge in [-0.25, -0.2) is 0 Å². The number of carboxylic acid groups (broad SMARTS) is 1. The predicted octanol–water partition coefficient (Wildman–Crippen LogP) is 8.35. The van der Waals surface area contributed by atoms with Crippen LogP contribution in [0.25, 0.3) is 0 Å². The molecule has 0 amide bonds. The summed E-state index contributed by atoms with van der Waals surface area (Å²) in [6, 6.07) is 50.2. The second kappa shape index (κ2) is 20.5. The third kappa shape index (κ3) is 12.8. The fourth-order valence-electron chi connectivity index (χ4n) is 4.87. The number of halogens is 4. The number of benzene rings is 6. The van der Waals surface area contributed by atoms with Gasteiger partial charge in [-0.1, -0.05) is 83.9 Å². The van der Waals surface area contributed by atoms with E-state index in [0.717, 1.165) is 19.1 Å². The van der Waals surface area contributed by atoms with Crippen molar-refractivity contribution in [2.75, 3.05) is 0 Å². The topological polar surface area (TPSA) is 37.3 Å². The van der Waals surface area contributed by atoms with Gasteiger partial charge in [0.25, 0.3) is 5.97 Å². The smallest absolute Gasteiger partial charge is 0.300 e. The summed E-state index contributed by atoms with van der Waals surface area (Å²) in [5, 5.41) is 12.2. The molecule has 0 aliphatic rings. The maximum atomic E-state index is 14.0. The molecule has 0 aromatic heterocycles. The largest absolute Gasteiger partial charge is 0.481 e. The standard InChI is InChI=1S/2C19H14F2P.C2H4O2.Ir/c2*20-16-12-11-15(19(21)13-16)14-22(17-7-3-1-4-8-17)18-9-5-2-6-10-18;1-2(3)4;/h2*1-10,12-13H,14H2;1H3,(H,3,4);/q2*-1;;/p+2. The summed E-state index contributed by atoms with van der Waals surface area (Å²) < 4.78 is 54.1. The van der Waals surface area contributed by atoms with Gasteiger partial charge in [0.15, 0.2) is 0 Å². The minimum atomic E-state index is -1.18. The molecular weight excluding hydrogens is 843 g/mol. The van der Waals surface area contributed by atoms with E-state index in [0.29, 0.717) is 23.5 Å². The molecule has 6 aromatic rings. The zero-order chi connectivity index (χ0) is 34.3. The van der Waals surface area contributed by atoms with E-state index >= 15 is 0 Å². The Kier molecular flexibility index (Phi) is 16.5. The van der Waals surface area contributed by atoms with E-state index in [-0.39, 0.29) is 20.1 Å². The Labute approximate surface area is 300 Å². The summed E-state index contributed by atoms with van der Waals surface area (Å²) >= 11 is 0. The zero-order valence-corrected chi connectivity index (χ0v) is 30.9. The van der Waals surface area contributed by atoms with Crippen molar-refractivity contribution in [3.63, 3.8) is 0 Å². The molecule has 1 N–H and O–H groups in total. The number of carbonyl (C=O) groups is 1. The maximum Gasteiger partial charge on any atom is 0.300 e. The fourth-order valence-corrected chi connectivity index (χ4v) is 9.98. The molecule has 2 nitrogen and oxygen atoms in total. The van der Waals surface area contributed by atoms with E-state index in [2.05, 4.69) is 60.7 Å². The van der Waals surface area contributed by atoms with E-state index < -0.39 is 45.1 Å². The summed E-state index contributed by atoms with van der Waals surface area (Å²) in [6.07, 6.45) is 1.09. The molecule has 253 valence electrons. The van der Waals surface area contributed by atoms with Gasteiger partial charge in [0.2, 0.25) is 0 Å². The molecule has 6 rings (SSSR count). The zero-order valence-electron chi connectivity index (χ0n) is 26.5. The Hall–Kier alpha value is -3.98. The average molecular weight is 877 g/mol. The first-order chi connectivity index (χ1) is 23.2. The van der Waals surface area contributed by atoms with Gasteiger partial charge < -0.3 is 5.11 Å². The van der Waals surface area contributed by atoms with Crippen LogP contribution >= 0.6 is 15.8 Å². The molecule has 0 spiro atoms. The first-order valence-corrected chi connectivity index (χ1v) is 18.5. The molecule has 0 aliphatic heterocycles. The molecule has 0 fully saturated rings. The van der Waals surface area contributed by atoms with Gasteiger partial charge >= 0.3 is 0 Å². The van der Waals surface area contributed by atoms with Crippen LogP contribution in [-0.4, -0.2) is 11.1 Å². The third-order valence-electron chi connectivity index (χ3n) is 7.07. The Bertz CT molecular complexity index is 1650. The van der Waals surface area contributed by atoms with Crippen molar-refractivity contribution in [1.29, 1.82) is 0 Å². The molecule has 0 saturated carbocycles. The van der Waals surface area contributed by atoms with Crippen LogP contribution in [-0.2, 0) is 37.2 Å². The van der Waals surface area contributed by atoms with E-state index in [9.17, 15) is 17.6 Å². The summed E-state index contributed by atoms with van der Waals surface area (Å²) in [5.74, 6) is -3.05. The van der Waals surface area contributed by atoms with Crippen LogP contribution in [0.5, 0.6) is 0 Å². The summed E-state index contributed by atoms with van der Waals surface area (Å²) in [6.45, 7) is 1.08. The van der Waals surface area contributed by atoms with Gasteiger partial charge in [-0.2, -0.15) is 12.1 Å². The van der Waals surface area contributed by atoms with Crippen molar-refractivity contribution in [2.24, 2.45) is 0 Å². The molecule has 0 aliphatic carbocycles. The van der Waals surface area contributed by atoms with Gasteiger partial charge in [-0.15, -0.1) is 24.3 Å². The Morgan fingerprint density at radius 3 is 1.02 bits per heavy atom. The predicted molar refractivity (Wildman–Crippen MR) is 192 cm³/mol. The Morgan fingerprint density at radius 1 is 0.551 bits per heavy atom. The van der Waals surface area contributed by atoms with Gasteiger partial charge in [-0.3, -0.25) is 22.4 Å². The molecule has 49 heavy (non-hydrogen) atoms. The molecule has 6 aromatic carbocycles. The number of carboxylic acids is 1. The minimum absolute atomic E-state index is 0. The summed E-state index contributed by atoms with van der Waals surface area (Å²) in [5.41, 5.74) is 0.894. The third-order valence-corrected chi connectivity index (χ3v) is 12.6. The average Bonchev–Trinajstić information content (AvgIpc) is 3.09. The van der Waals surface area contributed by atoms with E-state index in [4.69, 9.17) is 9.90 Å². The molecule has 0 heterocycles. The number of aliphatic carboxylic acids is 1. The second-order valence-electron chi connectivity index (χ2n) is 10.6. The molecule has 0 unspecified atom stereocenters. The number of hydrogen-bond donors (Lipinski definition) is 1. The molecule has 0 atom stereocenters. The first-order valence-electron chi connectivity index (χ1n) is 15.1. The van der Waals surface area contributed by atoms with Crippen molar-refractivity contribution in [3.8, 4) is 0 Å². The van der Waals surface area contributed by atoms with Crippen LogP contribution in [0, 0.1) is 35.4 Å². The first kappa shape index (κ1) is 39.5. The van der Waals surface area contributed by atoms with E-state index in [1.807, 2.05) is 72.8 Å². The van der Waals surface area contributed by atoms with Crippen molar-refractivity contribution in [2.45, 2.75) is 19.2 Å². The van der Waals surface area contributed by atoms with Crippen molar-refractivity contribution >= 4 is 43.0 Å².